The van der Waals surface area contributed by atoms with E-state index in [1.54, 1.807) is 0 Å². The zero-order valence-electron chi connectivity index (χ0n) is 8.61. The normalized spacial score (nSPS) is 21.7. The van der Waals surface area contributed by atoms with Crippen molar-refractivity contribution in [1.29, 1.82) is 0 Å². The highest BCUT2D eigenvalue weighted by molar-refractivity contribution is 5.03. The van der Waals surface area contributed by atoms with E-state index in [1.165, 1.54) is 6.42 Å². The third kappa shape index (κ3) is 2.30. The van der Waals surface area contributed by atoms with E-state index in [1.807, 2.05) is 18.3 Å². The van der Waals surface area contributed by atoms with Crippen LogP contribution in [-0.4, -0.2) is 36.1 Å². The summed E-state index contributed by atoms with van der Waals surface area (Å²) in [7, 11) is 2.17. The van der Waals surface area contributed by atoms with Gasteiger partial charge in [-0.15, -0.1) is 0 Å². The van der Waals surface area contributed by atoms with Gasteiger partial charge < -0.3 is 5.32 Å². The standard InChI is InChI=1S/C11H17N3/c1-14(11-5-7-12-8-11)9-10-4-2-3-6-13-10/h2-4,6,11-12H,5,7-9H2,1H3. The SMILES string of the molecule is CN(Cc1ccccn1)C1CCNC1. The Morgan fingerprint density at radius 2 is 2.50 bits per heavy atom. The van der Waals surface area contributed by atoms with Gasteiger partial charge in [0.2, 0.25) is 0 Å². The predicted molar refractivity (Wildman–Crippen MR) is 57.0 cm³/mol. The average molecular weight is 191 g/mol. The molecule has 0 bridgehead atoms. The monoisotopic (exact) mass is 191 g/mol. The van der Waals surface area contributed by atoms with Crippen LogP contribution in [-0.2, 0) is 6.54 Å². The van der Waals surface area contributed by atoms with Crippen LogP contribution in [0.1, 0.15) is 12.1 Å². The number of nitrogens with one attached hydrogen (secondary N) is 1. The van der Waals surface area contributed by atoms with Crippen molar-refractivity contribution in [3.05, 3.63) is 30.1 Å². The summed E-state index contributed by atoms with van der Waals surface area (Å²) in [5.41, 5.74) is 1.15. The van der Waals surface area contributed by atoms with Crippen molar-refractivity contribution in [2.75, 3.05) is 20.1 Å². The van der Waals surface area contributed by atoms with Gasteiger partial charge in [-0.25, -0.2) is 0 Å². The molecule has 0 amide bonds. The first-order valence-electron chi connectivity index (χ1n) is 5.17. The van der Waals surface area contributed by atoms with E-state index < -0.39 is 0 Å². The maximum atomic E-state index is 4.33. The molecule has 1 fully saturated rings. The Bertz CT molecular complexity index is 267. The van der Waals surface area contributed by atoms with Gasteiger partial charge in [0.15, 0.2) is 0 Å². The van der Waals surface area contributed by atoms with E-state index in [0.29, 0.717) is 6.04 Å². The molecule has 2 heterocycles. The van der Waals surface area contributed by atoms with E-state index in [2.05, 4.69) is 28.3 Å². The van der Waals surface area contributed by atoms with Crippen LogP contribution < -0.4 is 5.32 Å². The Hall–Kier alpha value is -0.930. The number of hydrogen-bond acceptors (Lipinski definition) is 3. The first-order chi connectivity index (χ1) is 6.86. The number of aromatic nitrogens is 1. The summed E-state index contributed by atoms with van der Waals surface area (Å²) < 4.78 is 0. The summed E-state index contributed by atoms with van der Waals surface area (Å²) in [6, 6.07) is 6.76. The molecule has 76 valence electrons. The van der Waals surface area contributed by atoms with Crippen LogP contribution in [0.25, 0.3) is 0 Å². The lowest BCUT2D eigenvalue weighted by Crippen LogP contribution is -2.33. The number of likely N-dealkylation sites (N-methyl/N-ethyl adjacent to an activating group) is 1. The summed E-state index contributed by atoms with van der Waals surface area (Å²) in [5, 5.41) is 3.38. The van der Waals surface area contributed by atoms with Gasteiger partial charge in [0.05, 0.1) is 5.69 Å². The fourth-order valence-corrected chi connectivity index (χ4v) is 1.89. The highest BCUT2D eigenvalue weighted by atomic mass is 15.2. The van der Waals surface area contributed by atoms with E-state index >= 15 is 0 Å². The van der Waals surface area contributed by atoms with Crippen LogP contribution in [0.4, 0.5) is 0 Å². The van der Waals surface area contributed by atoms with Crippen molar-refractivity contribution in [3.8, 4) is 0 Å². The first kappa shape index (κ1) is 9.62. The van der Waals surface area contributed by atoms with Crippen LogP contribution in [0.5, 0.6) is 0 Å². The Morgan fingerprint density at radius 3 is 3.14 bits per heavy atom. The molecule has 1 aliphatic rings. The van der Waals surface area contributed by atoms with Gasteiger partial charge in [-0.2, -0.15) is 0 Å². The molecule has 1 atom stereocenters. The van der Waals surface area contributed by atoms with Crippen molar-refractivity contribution in [2.24, 2.45) is 0 Å². The van der Waals surface area contributed by atoms with Crippen LogP contribution in [0.15, 0.2) is 24.4 Å². The Kier molecular flexibility index (Phi) is 3.11. The minimum Gasteiger partial charge on any atom is -0.315 e. The van der Waals surface area contributed by atoms with Gasteiger partial charge in [-0.3, -0.25) is 9.88 Å². The molecule has 1 aromatic heterocycles. The van der Waals surface area contributed by atoms with Crippen LogP contribution in [0.2, 0.25) is 0 Å². The first-order valence-corrected chi connectivity index (χ1v) is 5.17. The summed E-state index contributed by atoms with van der Waals surface area (Å²) in [5.74, 6) is 0. The highest BCUT2D eigenvalue weighted by Gasteiger charge is 2.18. The van der Waals surface area contributed by atoms with Crippen LogP contribution >= 0.6 is 0 Å². The third-order valence-corrected chi connectivity index (χ3v) is 2.80. The molecule has 1 N–H and O–H groups in total. The second kappa shape index (κ2) is 4.53. The molecule has 2 rings (SSSR count). The zero-order chi connectivity index (χ0) is 9.80. The largest absolute Gasteiger partial charge is 0.315 e. The van der Waals surface area contributed by atoms with Crippen molar-refractivity contribution < 1.29 is 0 Å². The van der Waals surface area contributed by atoms with Gasteiger partial charge in [0.1, 0.15) is 0 Å². The smallest absolute Gasteiger partial charge is 0.0543 e. The van der Waals surface area contributed by atoms with Crippen molar-refractivity contribution in [3.63, 3.8) is 0 Å². The number of nitrogens with zero attached hydrogens (tertiary/aromatic N) is 2. The molecule has 0 aliphatic carbocycles. The fourth-order valence-electron chi connectivity index (χ4n) is 1.89. The molecule has 0 radical (unpaired) electrons. The van der Waals surface area contributed by atoms with Gasteiger partial charge in [0.25, 0.3) is 0 Å². The molecular formula is C11H17N3. The highest BCUT2D eigenvalue weighted by Crippen LogP contribution is 2.09. The molecular weight excluding hydrogens is 174 g/mol. The lowest BCUT2D eigenvalue weighted by atomic mass is 10.2. The quantitative estimate of drug-likeness (QED) is 0.768. The van der Waals surface area contributed by atoms with Gasteiger partial charge in [-0.1, -0.05) is 6.07 Å². The van der Waals surface area contributed by atoms with Crippen molar-refractivity contribution >= 4 is 0 Å². The average Bonchev–Trinajstić information content (AvgIpc) is 2.72. The molecule has 0 spiro atoms. The molecule has 3 heteroatoms. The number of rotatable bonds is 3. The summed E-state index contributed by atoms with van der Waals surface area (Å²) in [4.78, 5) is 6.71. The topological polar surface area (TPSA) is 28.2 Å². The minimum absolute atomic E-state index is 0.678. The second-order valence-electron chi connectivity index (χ2n) is 3.88. The summed E-state index contributed by atoms with van der Waals surface area (Å²) in [6.07, 6.45) is 3.11. The van der Waals surface area contributed by atoms with Crippen LogP contribution in [0, 0.1) is 0 Å². The molecule has 14 heavy (non-hydrogen) atoms. The van der Waals surface area contributed by atoms with Crippen molar-refractivity contribution in [2.45, 2.75) is 19.0 Å². The van der Waals surface area contributed by atoms with Crippen LogP contribution in [0.3, 0.4) is 0 Å². The lowest BCUT2D eigenvalue weighted by molar-refractivity contribution is 0.246. The van der Waals surface area contributed by atoms with E-state index in [4.69, 9.17) is 0 Å². The molecule has 3 nitrogen and oxygen atoms in total. The van der Waals surface area contributed by atoms with E-state index in [9.17, 15) is 0 Å². The molecule has 1 aliphatic heterocycles. The Balaban J connectivity index is 1.90. The van der Waals surface area contributed by atoms with E-state index in [0.717, 1.165) is 25.3 Å². The molecule has 1 aromatic rings. The maximum Gasteiger partial charge on any atom is 0.0543 e. The van der Waals surface area contributed by atoms with Gasteiger partial charge in [0, 0.05) is 25.3 Å². The van der Waals surface area contributed by atoms with Gasteiger partial charge in [-0.05, 0) is 32.1 Å². The molecule has 1 saturated heterocycles. The van der Waals surface area contributed by atoms with E-state index in [-0.39, 0.29) is 0 Å². The lowest BCUT2D eigenvalue weighted by Gasteiger charge is -2.22. The predicted octanol–water partition coefficient (Wildman–Crippen LogP) is 0.875. The molecule has 0 saturated carbocycles. The van der Waals surface area contributed by atoms with Gasteiger partial charge >= 0.3 is 0 Å². The maximum absolute atomic E-state index is 4.33. The zero-order valence-corrected chi connectivity index (χ0v) is 8.61. The molecule has 0 aromatic carbocycles. The summed E-state index contributed by atoms with van der Waals surface area (Å²) in [6.45, 7) is 3.22. The minimum atomic E-state index is 0.678. The second-order valence-corrected chi connectivity index (χ2v) is 3.88. The third-order valence-electron chi connectivity index (χ3n) is 2.80. The molecule has 1 unspecified atom stereocenters. The van der Waals surface area contributed by atoms with Crippen molar-refractivity contribution in [1.82, 2.24) is 15.2 Å². The number of pyridine rings is 1. The number of hydrogen-bond donors (Lipinski definition) is 1. The fraction of sp³-hybridized carbons (Fsp3) is 0.545. The summed E-state index contributed by atoms with van der Waals surface area (Å²) >= 11 is 0. The Labute approximate surface area is 85.1 Å². The Morgan fingerprint density at radius 1 is 1.57 bits per heavy atom.